The summed E-state index contributed by atoms with van der Waals surface area (Å²) in [5.41, 5.74) is 0. The summed E-state index contributed by atoms with van der Waals surface area (Å²) in [6.07, 6.45) is 120. The molecule has 10 unspecified atom stereocenters. The molecule has 0 aromatic rings. The molecule has 26 bridgehead atoms. The summed E-state index contributed by atoms with van der Waals surface area (Å²) in [6.45, 7) is 4.18. The second-order valence-corrected chi connectivity index (χ2v) is 52.1. The maximum atomic E-state index is 10.9. The summed E-state index contributed by atoms with van der Waals surface area (Å²) >= 11 is 0. The Morgan fingerprint density at radius 2 is 0.345 bits per heavy atom. The van der Waals surface area contributed by atoms with Crippen LogP contribution in [-0.4, -0.2) is 30.3 Å². The van der Waals surface area contributed by atoms with E-state index in [0.29, 0.717) is 5.78 Å². The summed E-state index contributed by atoms with van der Waals surface area (Å²) in [4.78, 5) is 13.5. The minimum absolute atomic E-state index is 0.522. The van der Waals surface area contributed by atoms with Gasteiger partial charge in [-0.25, -0.2) is 0 Å². The van der Waals surface area contributed by atoms with Gasteiger partial charge in [-0.3, -0.25) is 4.79 Å². The average molecular weight is 1630 g/mol. The maximum absolute atomic E-state index is 10.9. The minimum Gasteiger partial charge on any atom is -0.303 e. The number of rotatable bonds is 0. The van der Waals surface area contributed by atoms with Crippen LogP contribution in [0.1, 0.15) is 501 Å². The van der Waals surface area contributed by atoms with E-state index in [-0.39, 0.29) is 0 Å². The highest BCUT2D eigenvalue weighted by Crippen LogP contribution is 2.70. The van der Waals surface area contributed by atoms with E-state index in [9.17, 15) is 4.79 Å². The Bertz CT molecular complexity index is 2550. The van der Waals surface area contributed by atoms with Crippen LogP contribution in [0.15, 0.2) is 0 Å². The number of hydrogen-bond donors (Lipinski definition) is 0. The molecule has 37 rings (SSSR count). The summed E-state index contributed by atoms with van der Waals surface area (Å²) in [7, 11) is 0. The molecule has 34 saturated carbocycles. The van der Waals surface area contributed by atoms with Crippen LogP contribution in [0.5, 0.6) is 0 Å². The number of hydrogen-bond acceptors (Lipinski definition) is 2. The lowest BCUT2D eigenvalue weighted by molar-refractivity contribution is -0.121. The van der Waals surface area contributed by atoms with Crippen LogP contribution in [0.25, 0.3) is 0 Å². The lowest BCUT2D eigenvalue weighted by atomic mass is 9.56. The molecule has 3 saturated heterocycles. The maximum Gasteiger partial charge on any atom is 0.133 e. The molecule has 2 heteroatoms. The van der Waals surface area contributed by atoms with E-state index in [4.69, 9.17) is 0 Å². The van der Waals surface area contributed by atoms with Gasteiger partial charge in [-0.1, -0.05) is 295 Å². The zero-order chi connectivity index (χ0) is 79.6. The first-order chi connectivity index (χ1) is 58.7. The second-order valence-electron chi connectivity index (χ2n) is 52.1. The average Bonchev–Trinajstić information content (AvgIpc) is 1.60. The van der Waals surface area contributed by atoms with Gasteiger partial charge in [-0.2, -0.15) is 0 Å². The van der Waals surface area contributed by atoms with Gasteiger partial charge in [0, 0.05) is 12.8 Å². The van der Waals surface area contributed by atoms with Gasteiger partial charge in [-0.15, -0.1) is 0 Å². The molecule has 0 radical (unpaired) electrons. The van der Waals surface area contributed by atoms with Crippen molar-refractivity contribution in [3.8, 4) is 0 Å². The molecule has 0 aromatic heterocycles. The summed E-state index contributed by atoms with van der Waals surface area (Å²) in [6, 6.07) is 0. The highest BCUT2D eigenvalue weighted by Gasteiger charge is 2.62. The number of nitrogens with zero attached hydrogens (tertiary/aromatic N) is 1. The standard InChI is InChI=1S/3C10H16.C10H18.C9H16.C8H12O.4C8H14.C7H13N.C7H10.2C7H12/c1-7-2-9-4-8(1)5-10(3-7)6-9;1-3-7-8(4-1)10-6-2-5-9(7)10;1-2-9-7-4-5-8(6-7)10(9)3-1;1-2-6-10-8-4-3-7-9(10)5-1;1-3-8-5-2-6-9(4-1)7-8;9-8-4-6-1-2-7(3-6)5-8;1-3-7-5-2-6-8(7)4-1;1-2-8-5-3-7(1)4-6-8;2*1-2-7-4-5-8(3-1)6-7;1-4-8-5-2-7(1)3-6-8;1-4-2-6-5(1)7(6)3-4;1-2-7-4-3-6(1)5-7;1-2-6-4-7(3-1)5-6/h3*7-10H,1-6H2;9-10H,1-8H2;8-9H,1-7H2;6-7H,1-5H2;4*7-8H,1-6H2;7H,1-6H2;4-7H,1-3H2;2*6-7H,1-5H2. The van der Waals surface area contributed by atoms with E-state index >= 15 is 0 Å². The van der Waals surface area contributed by atoms with E-state index in [0.717, 1.165) is 89.8 Å². The van der Waals surface area contributed by atoms with Gasteiger partial charge in [0.25, 0.3) is 0 Å². The van der Waals surface area contributed by atoms with Crippen molar-refractivity contribution in [3.05, 3.63) is 0 Å². The van der Waals surface area contributed by atoms with Crippen LogP contribution in [-0.2, 0) is 4.79 Å². The van der Waals surface area contributed by atoms with Crippen LogP contribution < -0.4 is 0 Å². The molecule has 676 valence electrons. The first kappa shape index (κ1) is 87.9. The Labute approximate surface area is 738 Å². The van der Waals surface area contributed by atoms with Gasteiger partial charge >= 0.3 is 0 Å². The van der Waals surface area contributed by atoms with Crippen LogP contribution >= 0.6 is 0 Å². The van der Waals surface area contributed by atoms with Crippen molar-refractivity contribution in [2.75, 3.05) is 19.6 Å². The number of ketones is 1. The topological polar surface area (TPSA) is 20.3 Å². The fourth-order valence-electron chi connectivity index (χ4n) is 38.5. The molecule has 0 aromatic carbocycles. The van der Waals surface area contributed by atoms with Gasteiger partial charge < -0.3 is 4.90 Å². The van der Waals surface area contributed by atoms with Crippen LogP contribution in [0.2, 0.25) is 0 Å². The smallest absolute Gasteiger partial charge is 0.133 e. The molecular weight excluding hydrogens is 1440 g/mol. The summed E-state index contributed by atoms with van der Waals surface area (Å²) in [5.74, 6) is 41.2. The van der Waals surface area contributed by atoms with Crippen molar-refractivity contribution < 1.29 is 4.79 Å². The van der Waals surface area contributed by atoms with E-state index in [1.54, 1.807) is 379 Å². The SMILES string of the molecule is C1C2CC3C1C3C2.C1C2CC3CC1CC(C2)C3.C1CC2C(C1)C1CCCC21.C1CC2C3CCC(C3)C2C1.C1CC2CC(C1)C2.C1CC2CCC(C1)C2.C1CC2CCC(C1)C2.C1CC2CCC1C2.C1CC2CCC1CC2.C1CC2CCCC(C1)C2.C1CC2CCCC2C1.C1CCC2CCCCC2C1.C1CN2CCC1CC2.O=C1CC2CCC(C1)C2. The largest absolute Gasteiger partial charge is 0.303 e. The Kier molecular flexibility index (Phi) is 32.2. The fraction of sp³-hybridized carbons (Fsp3) is 0.991. The van der Waals surface area contributed by atoms with E-state index in [2.05, 4.69) is 4.90 Å². The molecule has 34 aliphatic carbocycles. The predicted molar refractivity (Wildman–Crippen MR) is 504 cm³/mol. The molecular formula is C117H197NO. The number of piperidine rings is 3. The van der Waals surface area contributed by atoms with Crippen molar-refractivity contribution in [1.82, 2.24) is 4.90 Å². The third-order valence-electron chi connectivity index (χ3n) is 44.7. The molecule has 2 nitrogen and oxygen atoms in total. The van der Waals surface area contributed by atoms with Crippen LogP contribution in [0.4, 0.5) is 0 Å². The Balaban J connectivity index is 0.0000000851. The molecule has 0 spiro atoms. The number of carbonyl (C=O) groups is 1. The van der Waals surface area contributed by atoms with Crippen molar-refractivity contribution in [1.29, 1.82) is 0 Å². The minimum atomic E-state index is 0.522. The van der Waals surface area contributed by atoms with E-state index < -0.39 is 0 Å². The Morgan fingerprint density at radius 1 is 0.134 bits per heavy atom. The normalized spacial score (nSPS) is 49.3. The van der Waals surface area contributed by atoms with Gasteiger partial charge in [0.1, 0.15) is 5.78 Å². The van der Waals surface area contributed by atoms with Gasteiger partial charge in [0.05, 0.1) is 0 Å². The Hall–Kier alpha value is -0.370. The highest BCUT2D eigenvalue weighted by atomic mass is 16.1. The lowest BCUT2D eigenvalue weighted by Crippen LogP contribution is -2.41. The zero-order valence-electron chi connectivity index (χ0n) is 78.8. The third kappa shape index (κ3) is 24.1. The predicted octanol–water partition coefficient (Wildman–Crippen LogP) is 34.1. The number of fused-ring (bicyclic) bond motifs is 29. The molecule has 37 fully saturated rings. The molecule has 0 N–H and O–H groups in total. The van der Waals surface area contributed by atoms with Gasteiger partial charge in [-0.05, 0) is 419 Å². The van der Waals surface area contributed by atoms with Gasteiger partial charge in [0.2, 0.25) is 0 Å². The van der Waals surface area contributed by atoms with Crippen molar-refractivity contribution in [2.24, 2.45) is 207 Å². The Morgan fingerprint density at radius 3 is 0.588 bits per heavy atom. The van der Waals surface area contributed by atoms with E-state index in [1.165, 1.54) is 259 Å². The summed E-state index contributed by atoms with van der Waals surface area (Å²) in [5, 5.41) is 0. The molecule has 10 atom stereocenters. The van der Waals surface area contributed by atoms with Crippen molar-refractivity contribution >= 4 is 5.78 Å². The third-order valence-corrected chi connectivity index (χ3v) is 44.7. The second kappa shape index (κ2) is 43.6. The number of Topliss-reactive ketones (excluding diaryl/α,β-unsaturated/α-hetero) is 1. The summed E-state index contributed by atoms with van der Waals surface area (Å²) < 4.78 is 0. The number of carbonyl (C=O) groups excluding carboxylic acids is 1. The van der Waals surface area contributed by atoms with E-state index in [1.807, 2.05) is 0 Å². The first-order valence-corrected chi connectivity index (χ1v) is 57.9. The first-order valence-electron chi connectivity index (χ1n) is 57.9. The van der Waals surface area contributed by atoms with Crippen molar-refractivity contribution in [2.45, 2.75) is 501 Å². The molecule has 3 heterocycles. The quantitative estimate of drug-likeness (QED) is 0.241. The molecule has 119 heavy (non-hydrogen) atoms. The molecule has 37 aliphatic rings. The monoisotopic (exact) mass is 1630 g/mol. The van der Waals surface area contributed by atoms with Crippen molar-refractivity contribution in [3.63, 3.8) is 0 Å². The van der Waals surface area contributed by atoms with Crippen LogP contribution in [0.3, 0.4) is 0 Å². The lowest BCUT2D eigenvalue weighted by Gasteiger charge is -2.49. The molecule has 3 aliphatic heterocycles. The van der Waals surface area contributed by atoms with Gasteiger partial charge in [0.15, 0.2) is 0 Å². The fourth-order valence-corrected chi connectivity index (χ4v) is 38.5. The van der Waals surface area contributed by atoms with Crippen LogP contribution in [0, 0.1) is 207 Å². The molecule has 0 amide bonds. The highest BCUT2D eigenvalue weighted by molar-refractivity contribution is 5.80. The zero-order valence-corrected chi connectivity index (χ0v) is 78.8.